The molecule has 0 amide bonds. The van der Waals surface area contributed by atoms with Crippen LogP contribution in [0.15, 0.2) is 18.2 Å². The maximum atomic E-state index is 11.0. The Morgan fingerprint density at radius 2 is 2.05 bits per heavy atom. The fraction of sp³-hybridized carbons (Fsp3) is 0.571. The molecule has 2 rings (SSSR count). The van der Waals surface area contributed by atoms with Gasteiger partial charge in [-0.25, -0.2) is 0 Å². The minimum absolute atomic E-state index is 0.0191. The lowest BCUT2D eigenvalue weighted by Crippen LogP contribution is -2.15. The second-order valence-corrected chi connectivity index (χ2v) is 5.23. The average molecular weight is 264 g/mol. The summed E-state index contributed by atoms with van der Waals surface area (Å²) in [6.07, 6.45) is 4.75. The largest absolute Gasteiger partial charge is 0.484 e. The number of hydrogen-bond acceptors (Lipinski definition) is 4. The molecule has 0 atom stereocenters. The molecule has 1 aliphatic rings. The number of benzene rings is 1. The van der Waals surface area contributed by atoms with Crippen molar-refractivity contribution in [3.05, 3.63) is 28.3 Å². The SMILES string of the molecule is CC(C)Oc1cc(NC2CCCC2)ccc1[N+](=O)[O-]. The van der Waals surface area contributed by atoms with Gasteiger partial charge < -0.3 is 10.1 Å². The summed E-state index contributed by atoms with van der Waals surface area (Å²) in [5.74, 6) is 0.336. The van der Waals surface area contributed by atoms with Crippen LogP contribution in [0.4, 0.5) is 11.4 Å². The van der Waals surface area contributed by atoms with E-state index in [9.17, 15) is 10.1 Å². The predicted molar refractivity (Wildman–Crippen MR) is 74.7 cm³/mol. The second-order valence-electron chi connectivity index (χ2n) is 5.23. The Labute approximate surface area is 113 Å². The van der Waals surface area contributed by atoms with Crippen LogP contribution < -0.4 is 10.1 Å². The molecule has 1 aliphatic carbocycles. The summed E-state index contributed by atoms with van der Waals surface area (Å²) in [7, 11) is 0. The fourth-order valence-electron chi connectivity index (χ4n) is 2.41. The van der Waals surface area contributed by atoms with Crippen LogP contribution in [0.1, 0.15) is 39.5 Å². The van der Waals surface area contributed by atoms with Gasteiger partial charge in [-0.3, -0.25) is 10.1 Å². The molecule has 1 aromatic carbocycles. The van der Waals surface area contributed by atoms with Crippen molar-refractivity contribution in [2.75, 3.05) is 5.32 Å². The van der Waals surface area contributed by atoms with Crippen LogP contribution in [0.25, 0.3) is 0 Å². The highest BCUT2D eigenvalue weighted by Gasteiger charge is 2.19. The molecule has 0 unspecified atom stereocenters. The normalized spacial score (nSPS) is 15.7. The molecular formula is C14H20N2O3. The minimum Gasteiger partial charge on any atom is -0.484 e. The topological polar surface area (TPSA) is 64.4 Å². The molecule has 0 aromatic heterocycles. The number of rotatable bonds is 5. The molecular weight excluding hydrogens is 244 g/mol. The molecule has 0 saturated heterocycles. The Hall–Kier alpha value is -1.78. The first-order chi connectivity index (χ1) is 9.06. The highest BCUT2D eigenvalue weighted by molar-refractivity contribution is 5.58. The summed E-state index contributed by atoms with van der Waals surface area (Å²) in [5, 5.41) is 14.4. The number of nitro groups is 1. The van der Waals surface area contributed by atoms with Crippen LogP contribution in [-0.2, 0) is 0 Å². The molecule has 1 fully saturated rings. The molecule has 0 bridgehead atoms. The van der Waals surface area contributed by atoms with E-state index in [1.807, 2.05) is 13.8 Å². The summed E-state index contributed by atoms with van der Waals surface area (Å²) in [5.41, 5.74) is 0.916. The van der Waals surface area contributed by atoms with Crippen molar-refractivity contribution in [3.8, 4) is 5.75 Å². The van der Waals surface area contributed by atoms with Gasteiger partial charge in [0, 0.05) is 23.9 Å². The zero-order chi connectivity index (χ0) is 13.8. The number of hydrogen-bond donors (Lipinski definition) is 1. The molecule has 0 aliphatic heterocycles. The number of nitrogens with zero attached hydrogens (tertiary/aromatic N) is 1. The van der Waals surface area contributed by atoms with Gasteiger partial charge in [-0.2, -0.15) is 0 Å². The Morgan fingerprint density at radius 1 is 1.37 bits per heavy atom. The maximum Gasteiger partial charge on any atom is 0.311 e. The highest BCUT2D eigenvalue weighted by Crippen LogP contribution is 2.32. The lowest BCUT2D eigenvalue weighted by molar-refractivity contribution is -0.386. The number of ether oxygens (including phenoxy) is 1. The van der Waals surface area contributed by atoms with E-state index in [0.717, 1.165) is 18.5 Å². The molecule has 104 valence electrons. The van der Waals surface area contributed by atoms with Crippen molar-refractivity contribution in [2.45, 2.75) is 51.7 Å². The van der Waals surface area contributed by atoms with Gasteiger partial charge in [-0.05, 0) is 32.8 Å². The summed E-state index contributed by atoms with van der Waals surface area (Å²) >= 11 is 0. The van der Waals surface area contributed by atoms with E-state index in [2.05, 4.69) is 5.32 Å². The summed E-state index contributed by atoms with van der Waals surface area (Å²) < 4.78 is 5.53. The predicted octanol–water partition coefficient (Wildman–Crippen LogP) is 3.74. The van der Waals surface area contributed by atoms with Crippen molar-refractivity contribution in [3.63, 3.8) is 0 Å². The Balaban J connectivity index is 2.18. The Bertz CT molecular complexity index is 454. The van der Waals surface area contributed by atoms with Crippen LogP contribution in [0.2, 0.25) is 0 Å². The van der Waals surface area contributed by atoms with Gasteiger partial charge in [-0.15, -0.1) is 0 Å². The van der Waals surface area contributed by atoms with E-state index in [4.69, 9.17) is 4.74 Å². The second kappa shape index (κ2) is 5.91. The van der Waals surface area contributed by atoms with Crippen LogP contribution in [-0.4, -0.2) is 17.1 Å². The van der Waals surface area contributed by atoms with Gasteiger partial charge in [0.05, 0.1) is 11.0 Å². The van der Waals surface area contributed by atoms with Crippen LogP contribution >= 0.6 is 0 Å². The summed E-state index contributed by atoms with van der Waals surface area (Å²) in [6, 6.07) is 5.48. The average Bonchev–Trinajstić information content (AvgIpc) is 2.80. The van der Waals surface area contributed by atoms with E-state index in [0.29, 0.717) is 11.8 Å². The van der Waals surface area contributed by atoms with Gasteiger partial charge in [0.2, 0.25) is 0 Å². The standard InChI is InChI=1S/C14H20N2O3/c1-10(2)19-14-9-12(7-8-13(14)16(17)18)15-11-5-3-4-6-11/h7-11,15H,3-6H2,1-2H3. The zero-order valence-electron chi connectivity index (χ0n) is 11.4. The van der Waals surface area contributed by atoms with Gasteiger partial charge in [0.1, 0.15) is 0 Å². The smallest absolute Gasteiger partial charge is 0.311 e. The summed E-state index contributed by atoms with van der Waals surface area (Å²) in [6.45, 7) is 3.72. The Morgan fingerprint density at radius 3 is 2.63 bits per heavy atom. The molecule has 1 aromatic rings. The maximum absolute atomic E-state index is 11.0. The molecule has 1 saturated carbocycles. The lowest BCUT2D eigenvalue weighted by atomic mass is 10.2. The van der Waals surface area contributed by atoms with Crippen LogP contribution in [0.3, 0.4) is 0 Å². The first kappa shape index (κ1) is 13.6. The van der Waals surface area contributed by atoms with Crippen molar-refractivity contribution < 1.29 is 9.66 Å². The van der Waals surface area contributed by atoms with Crippen LogP contribution in [0, 0.1) is 10.1 Å². The number of anilines is 1. The van der Waals surface area contributed by atoms with Crippen molar-refractivity contribution in [1.82, 2.24) is 0 Å². The minimum atomic E-state index is -0.406. The number of nitrogens with one attached hydrogen (secondary N) is 1. The van der Waals surface area contributed by atoms with E-state index < -0.39 is 4.92 Å². The molecule has 0 radical (unpaired) electrons. The van der Waals surface area contributed by atoms with E-state index in [-0.39, 0.29) is 11.8 Å². The molecule has 0 heterocycles. The van der Waals surface area contributed by atoms with E-state index >= 15 is 0 Å². The monoisotopic (exact) mass is 264 g/mol. The van der Waals surface area contributed by atoms with Crippen molar-refractivity contribution in [1.29, 1.82) is 0 Å². The third kappa shape index (κ3) is 3.59. The molecule has 0 spiro atoms. The fourth-order valence-corrected chi connectivity index (χ4v) is 2.41. The lowest BCUT2D eigenvalue weighted by Gasteiger charge is -2.15. The van der Waals surface area contributed by atoms with Gasteiger partial charge >= 0.3 is 5.69 Å². The highest BCUT2D eigenvalue weighted by atomic mass is 16.6. The summed E-state index contributed by atoms with van der Waals surface area (Å²) in [4.78, 5) is 10.6. The molecule has 1 N–H and O–H groups in total. The van der Waals surface area contributed by atoms with Gasteiger partial charge in [0.15, 0.2) is 5.75 Å². The first-order valence-electron chi connectivity index (χ1n) is 6.78. The quantitative estimate of drug-likeness (QED) is 0.650. The van der Waals surface area contributed by atoms with Gasteiger partial charge in [-0.1, -0.05) is 12.8 Å². The third-order valence-corrected chi connectivity index (χ3v) is 3.25. The van der Waals surface area contributed by atoms with E-state index in [1.54, 1.807) is 12.1 Å². The molecule has 5 nitrogen and oxygen atoms in total. The van der Waals surface area contributed by atoms with Crippen molar-refractivity contribution in [2.24, 2.45) is 0 Å². The number of nitro benzene ring substituents is 1. The zero-order valence-corrected chi connectivity index (χ0v) is 11.4. The van der Waals surface area contributed by atoms with Gasteiger partial charge in [0.25, 0.3) is 0 Å². The third-order valence-electron chi connectivity index (χ3n) is 3.25. The van der Waals surface area contributed by atoms with E-state index in [1.165, 1.54) is 18.9 Å². The van der Waals surface area contributed by atoms with Crippen molar-refractivity contribution >= 4 is 11.4 Å². The molecule has 19 heavy (non-hydrogen) atoms. The molecule has 5 heteroatoms. The Kier molecular flexibility index (Phi) is 4.24. The first-order valence-corrected chi connectivity index (χ1v) is 6.78. The van der Waals surface area contributed by atoms with Crippen LogP contribution in [0.5, 0.6) is 5.75 Å².